The maximum atomic E-state index is 14.0. The van der Waals surface area contributed by atoms with Crippen LogP contribution in [0, 0.1) is 27.8 Å². The molecule has 0 radical (unpaired) electrons. The molecule has 7 nitrogen and oxygen atoms in total. The first-order valence-electron chi connectivity index (χ1n) is 7.05. The van der Waals surface area contributed by atoms with Gasteiger partial charge in [0.05, 0.1) is 4.92 Å². The third kappa shape index (κ3) is 2.49. The van der Waals surface area contributed by atoms with Gasteiger partial charge in [0, 0.05) is 19.2 Å². The number of nitro benzene ring substituents is 1. The lowest BCUT2D eigenvalue weighted by atomic mass is 9.90. The smallest absolute Gasteiger partial charge is 0.292 e. The number of fused-ring (bicyclic) bond motifs is 1. The molecule has 0 amide bonds. The van der Waals surface area contributed by atoms with Crippen LogP contribution >= 0.6 is 0 Å². The highest BCUT2D eigenvalue weighted by atomic mass is 32.2. The molecule has 2 heterocycles. The Morgan fingerprint density at radius 1 is 1.32 bits per heavy atom. The van der Waals surface area contributed by atoms with Gasteiger partial charge in [-0.05, 0) is 37.4 Å². The second-order valence-electron chi connectivity index (χ2n) is 5.68. The van der Waals surface area contributed by atoms with E-state index in [2.05, 4.69) is 5.32 Å². The predicted octanol–water partition coefficient (Wildman–Crippen LogP) is 0.964. The first kappa shape index (κ1) is 15.3. The van der Waals surface area contributed by atoms with E-state index in [1.807, 2.05) is 0 Å². The van der Waals surface area contributed by atoms with Crippen molar-refractivity contribution in [2.24, 2.45) is 11.8 Å². The van der Waals surface area contributed by atoms with E-state index >= 15 is 0 Å². The summed E-state index contributed by atoms with van der Waals surface area (Å²) in [6, 6.07) is 3.09. The highest BCUT2D eigenvalue weighted by molar-refractivity contribution is 7.89. The normalized spacial score (nSPS) is 25.9. The predicted molar refractivity (Wildman–Crippen MR) is 76.3 cm³/mol. The van der Waals surface area contributed by atoms with Gasteiger partial charge >= 0.3 is 0 Å². The first-order valence-corrected chi connectivity index (χ1v) is 8.49. The molecular weight excluding hydrogens is 313 g/mol. The number of nitro groups is 1. The Morgan fingerprint density at radius 3 is 2.77 bits per heavy atom. The van der Waals surface area contributed by atoms with Crippen LogP contribution in [0.2, 0.25) is 0 Å². The van der Waals surface area contributed by atoms with Gasteiger partial charge in [-0.2, -0.15) is 4.31 Å². The first-order chi connectivity index (χ1) is 10.4. The molecule has 1 N–H and O–H groups in total. The molecule has 9 heteroatoms. The zero-order chi connectivity index (χ0) is 15.9. The van der Waals surface area contributed by atoms with Crippen LogP contribution in [0.4, 0.5) is 10.1 Å². The van der Waals surface area contributed by atoms with Gasteiger partial charge in [0.15, 0.2) is 4.90 Å². The number of halogens is 1. The Morgan fingerprint density at radius 2 is 2.05 bits per heavy atom. The summed E-state index contributed by atoms with van der Waals surface area (Å²) in [4.78, 5) is 9.34. The van der Waals surface area contributed by atoms with Gasteiger partial charge in [-0.15, -0.1) is 0 Å². The minimum atomic E-state index is -4.22. The summed E-state index contributed by atoms with van der Waals surface area (Å²) in [6.07, 6.45) is 0.680. The van der Waals surface area contributed by atoms with E-state index in [-0.39, 0.29) is 19.0 Å². The number of piperidine rings is 1. The number of nitrogens with one attached hydrogen (secondary N) is 1. The van der Waals surface area contributed by atoms with Crippen LogP contribution in [0.5, 0.6) is 0 Å². The molecule has 2 saturated heterocycles. The summed E-state index contributed by atoms with van der Waals surface area (Å²) in [5.41, 5.74) is -0.716. The monoisotopic (exact) mass is 329 g/mol. The zero-order valence-corrected chi connectivity index (χ0v) is 12.6. The molecule has 1 aromatic rings. The van der Waals surface area contributed by atoms with E-state index in [4.69, 9.17) is 0 Å². The van der Waals surface area contributed by atoms with Gasteiger partial charge in [0.25, 0.3) is 15.7 Å². The molecule has 22 heavy (non-hydrogen) atoms. The van der Waals surface area contributed by atoms with Crippen molar-refractivity contribution < 1.29 is 17.7 Å². The zero-order valence-electron chi connectivity index (χ0n) is 11.7. The number of hydrogen-bond acceptors (Lipinski definition) is 5. The molecule has 0 bridgehead atoms. The van der Waals surface area contributed by atoms with Crippen LogP contribution in [-0.2, 0) is 10.0 Å². The second-order valence-corrected chi connectivity index (χ2v) is 7.55. The summed E-state index contributed by atoms with van der Waals surface area (Å²) in [6.45, 7) is 2.11. The van der Waals surface area contributed by atoms with Gasteiger partial charge in [0.2, 0.25) is 0 Å². The largest absolute Gasteiger partial charge is 0.316 e. The van der Waals surface area contributed by atoms with Gasteiger partial charge in [-0.1, -0.05) is 6.07 Å². The highest BCUT2D eigenvalue weighted by Gasteiger charge is 2.41. The van der Waals surface area contributed by atoms with E-state index in [0.717, 1.165) is 31.3 Å². The number of sulfonamides is 1. The second kappa shape index (κ2) is 5.56. The van der Waals surface area contributed by atoms with Crippen LogP contribution in [0.15, 0.2) is 23.1 Å². The minimum absolute atomic E-state index is 0.175. The van der Waals surface area contributed by atoms with Gasteiger partial charge < -0.3 is 5.32 Å². The van der Waals surface area contributed by atoms with Crippen molar-refractivity contribution in [1.82, 2.24) is 9.62 Å². The minimum Gasteiger partial charge on any atom is -0.316 e. The molecule has 2 fully saturated rings. The fourth-order valence-electron chi connectivity index (χ4n) is 3.25. The Labute approximate surface area is 127 Å². The van der Waals surface area contributed by atoms with Gasteiger partial charge in [-0.3, -0.25) is 10.1 Å². The van der Waals surface area contributed by atoms with Crippen molar-refractivity contribution in [3.63, 3.8) is 0 Å². The third-order valence-corrected chi connectivity index (χ3v) is 6.34. The number of rotatable bonds is 3. The maximum Gasteiger partial charge on any atom is 0.292 e. The Balaban J connectivity index is 1.98. The van der Waals surface area contributed by atoms with Crippen molar-refractivity contribution in [3.05, 3.63) is 34.1 Å². The molecule has 0 spiro atoms. The van der Waals surface area contributed by atoms with E-state index in [1.54, 1.807) is 0 Å². The molecular formula is C13H16FN3O4S. The van der Waals surface area contributed by atoms with Crippen LogP contribution in [0.25, 0.3) is 0 Å². The maximum absolute atomic E-state index is 14.0. The van der Waals surface area contributed by atoms with Crippen LogP contribution in [0.1, 0.15) is 6.42 Å². The average molecular weight is 329 g/mol. The number of benzene rings is 1. The molecule has 2 unspecified atom stereocenters. The lowest BCUT2D eigenvalue weighted by Gasteiger charge is -2.33. The van der Waals surface area contributed by atoms with Crippen LogP contribution in [-0.4, -0.2) is 43.8 Å². The van der Waals surface area contributed by atoms with Gasteiger partial charge in [-0.25, -0.2) is 12.8 Å². The van der Waals surface area contributed by atoms with E-state index in [0.29, 0.717) is 12.3 Å². The summed E-state index contributed by atoms with van der Waals surface area (Å²) in [7, 11) is -4.22. The molecule has 2 aliphatic rings. The van der Waals surface area contributed by atoms with Crippen molar-refractivity contribution >= 4 is 15.7 Å². The molecule has 1 aromatic carbocycles. The summed E-state index contributed by atoms with van der Waals surface area (Å²) < 4.78 is 40.5. The van der Waals surface area contributed by atoms with Crippen LogP contribution < -0.4 is 5.32 Å². The molecule has 3 rings (SSSR count). The highest BCUT2D eigenvalue weighted by Crippen LogP contribution is 2.34. The fraction of sp³-hybridized carbons (Fsp3) is 0.538. The Bertz CT molecular complexity index is 709. The molecule has 2 aliphatic heterocycles. The van der Waals surface area contributed by atoms with Crippen LogP contribution in [0.3, 0.4) is 0 Å². The number of hydrogen-bond donors (Lipinski definition) is 1. The van der Waals surface area contributed by atoms with E-state index < -0.39 is 31.3 Å². The summed E-state index contributed by atoms with van der Waals surface area (Å²) in [5.74, 6) is -0.489. The van der Waals surface area contributed by atoms with Gasteiger partial charge in [0.1, 0.15) is 5.82 Å². The topological polar surface area (TPSA) is 92.5 Å². The molecule has 120 valence electrons. The Hall–Kier alpha value is -1.58. The summed E-state index contributed by atoms with van der Waals surface area (Å²) >= 11 is 0. The average Bonchev–Trinajstić information content (AvgIpc) is 2.93. The molecule has 0 saturated carbocycles. The number of nitrogens with zero attached hydrogens (tertiary/aromatic N) is 2. The lowest BCUT2D eigenvalue weighted by Crippen LogP contribution is -2.43. The molecule has 0 aromatic heterocycles. The fourth-order valence-corrected chi connectivity index (χ4v) is 4.96. The van der Waals surface area contributed by atoms with E-state index in [1.165, 1.54) is 4.31 Å². The summed E-state index contributed by atoms with van der Waals surface area (Å²) in [5, 5.41) is 14.2. The van der Waals surface area contributed by atoms with Crippen molar-refractivity contribution in [2.45, 2.75) is 11.3 Å². The van der Waals surface area contributed by atoms with E-state index in [9.17, 15) is 22.9 Å². The standard InChI is InChI=1S/C13H16FN3O4S/c14-11-2-1-3-12(17(18)19)13(11)22(20,21)16-5-4-9-6-15-7-10(9)8-16/h1-3,9-10,15H,4-8H2. The molecule has 0 aliphatic carbocycles. The lowest BCUT2D eigenvalue weighted by molar-refractivity contribution is -0.388. The quantitative estimate of drug-likeness (QED) is 0.659. The van der Waals surface area contributed by atoms with Crippen molar-refractivity contribution in [3.8, 4) is 0 Å². The third-order valence-electron chi connectivity index (χ3n) is 4.41. The molecule has 2 atom stereocenters. The SMILES string of the molecule is O=[N+]([O-])c1cccc(F)c1S(=O)(=O)N1CCC2CNCC2C1. The van der Waals surface area contributed by atoms with Crippen molar-refractivity contribution in [2.75, 3.05) is 26.2 Å². The van der Waals surface area contributed by atoms with Crippen molar-refractivity contribution in [1.29, 1.82) is 0 Å². The Kier molecular flexibility index (Phi) is 3.87.